The standard InChI is InChI=1S/C11H12BrFN4/c1-14-5-11-15-7-16-17(11)6-8-2-3-9(12)4-10(8)13/h2-4,7,14H,5-6H2,1H3. The van der Waals surface area contributed by atoms with Gasteiger partial charge in [-0.1, -0.05) is 22.0 Å². The van der Waals surface area contributed by atoms with Crippen LogP contribution in [0.2, 0.25) is 0 Å². The Morgan fingerprint density at radius 3 is 3.00 bits per heavy atom. The normalized spacial score (nSPS) is 10.8. The van der Waals surface area contributed by atoms with E-state index in [0.29, 0.717) is 18.7 Å². The lowest BCUT2D eigenvalue weighted by molar-refractivity contribution is 0.565. The average Bonchev–Trinajstić information content (AvgIpc) is 2.71. The van der Waals surface area contributed by atoms with Crippen molar-refractivity contribution in [2.45, 2.75) is 13.1 Å². The van der Waals surface area contributed by atoms with Crippen molar-refractivity contribution in [3.05, 3.63) is 46.2 Å². The summed E-state index contributed by atoms with van der Waals surface area (Å²) in [5.74, 6) is 0.542. The number of hydrogen-bond donors (Lipinski definition) is 1. The molecular weight excluding hydrogens is 287 g/mol. The minimum Gasteiger partial charge on any atom is -0.313 e. The zero-order chi connectivity index (χ0) is 12.3. The number of nitrogens with one attached hydrogen (secondary N) is 1. The van der Waals surface area contributed by atoms with Gasteiger partial charge >= 0.3 is 0 Å². The number of benzene rings is 1. The molecule has 0 radical (unpaired) electrons. The first-order valence-electron chi connectivity index (χ1n) is 5.16. The van der Waals surface area contributed by atoms with Gasteiger partial charge in [-0.15, -0.1) is 0 Å². The number of halogens is 2. The first kappa shape index (κ1) is 12.2. The van der Waals surface area contributed by atoms with Gasteiger partial charge in [-0.25, -0.2) is 14.1 Å². The Kier molecular flexibility index (Phi) is 3.86. The van der Waals surface area contributed by atoms with E-state index in [9.17, 15) is 4.39 Å². The monoisotopic (exact) mass is 298 g/mol. The zero-order valence-electron chi connectivity index (χ0n) is 9.32. The Balaban J connectivity index is 2.22. The highest BCUT2D eigenvalue weighted by molar-refractivity contribution is 9.10. The van der Waals surface area contributed by atoms with Gasteiger partial charge in [0.2, 0.25) is 0 Å². The molecule has 0 fully saturated rings. The van der Waals surface area contributed by atoms with E-state index in [1.807, 2.05) is 13.1 Å². The Hall–Kier alpha value is -1.27. The molecule has 0 aliphatic heterocycles. The molecule has 4 nitrogen and oxygen atoms in total. The molecule has 0 bridgehead atoms. The number of hydrogen-bond acceptors (Lipinski definition) is 3. The molecule has 0 amide bonds. The third-order valence-electron chi connectivity index (χ3n) is 2.37. The molecule has 1 aromatic heterocycles. The Labute approximate surface area is 107 Å². The van der Waals surface area contributed by atoms with Crippen molar-refractivity contribution < 1.29 is 4.39 Å². The molecule has 0 saturated heterocycles. The smallest absolute Gasteiger partial charge is 0.141 e. The van der Waals surface area contributed by atoms with E-state index in [-0.39, 0.29) is 5.82 Å². The lowest BCUT2D eigenvalue weighted by Crippen LogP contribution is -2.14. The molecule has 0 unspecified atom stereocenters. The summed E-state index contributed by atoms with van der Waals surface area (Å²) in [6, 6.07) is 5.00. The molecule has 1 N–H and O–H groups in total. The largest absolute Gasteiger partial charge is 0.313 e. The molecule has 1 heterocycles. The van der Waals surface area contributed by atoms with Crippen LogP contribution in [-0.4, -0.2) is 21.8 Å². The van der Waals surface area contributed by atoms with Gasteiger partial charge in [0.1, 0.15) is 18.0 Å². The topological polar surface area (TPSA) is 42.7 Å². The molecule has 0 aliphatic rings. The van der Waals surface area contributed by atoms with Crippen molar-refractivity contribution in [3.8, 4) is 0 Å². The predicted octanol–water partition coefficient (Wildman–Crippen LogP) is 1.95. The fourth-order valence-electron chi connectivity index (χ4n) is 1.53. The van der Waals surface area contributed by atoms with Crippen LogP contribution in [0.1, 0.15) is 11.4 Å². The van der Waals surface area contributed by atoms with Crippen LogP contribution in [0.25, 0.3) is 0 Å². The fraction of sp³-hybridized carbons (Fsp3) is 0.273. The molecule has 0 spiro atoms. The number of nitrogens with zero attached hydrogens (tertiary/aromatic N) is 3. The second-order valence-corrected chi connectivity index (χ2v) is 4.52. The van der Waals surface area contributed by atoms with Crippen molar-refractivity contribution in [1.29, 1.82) is 0 Å². The fourth-order valence-corrected chi connectivity index (χ4v) is 1.86. The molecular formula is C11H12BrFN4. The highest BCUT2D eigenvalue weighted by atomic mass is 79.9. The van der Waals surface area contributed by atoms with Gasteiger partial charge in [0.15, 0.2) is 0 Å². The number of aromatic nitrogens is 3. The van der Waals surface area contributed by atoms with E-state index in [4.69, 9.17) is 0 Å². The summed E-state index contributed by atoms with van der Waals surface area (Å²) < 4.78 is 16.1. The highest BCUT2D eigenvalue weighted by Crippen LogP contribution is 2.16. The Bertz CT molecular complexity index is 512. The van der Waals surface area contributed by atoms with E-state index in [2.05, 4.69) is 31.3 Å². The molecule has 2 rings (SSSR count). The van der Waals surface area contributed by atoms with Crippen molar-refractivity contribution in [2.75, 3.05) is 7.05 Å². The second kappa shape index (κ2) is 5.37. The summed E-state index contributed by atoms with van der Waals surface area (Å²) in [6.45, 7) is 0.994. The van der Waals surface area contributed by atoms with Gasteiger partial charge in [0, 0.05) is 10.0 Å². The van der Waals surface area contributed by atoms with Crippen molar-refractivity contribution in [1.82, 2.24) is 20.1 Å². The number of rotatable bonds is 4. The van der Waals surface area contributed by atoms with Crippen LogP contribution >= 0.6 is 15.9 Å². The third-order valence-corrected chi connectivity index (χ3v) is 2.86. The SMILES string of the molecule is CNCc1ncnn1Cc1ccc(Br)cc1F. The average molecular weight is 299 g/mol. The van der Waals surface area contributed by atoms with E-state index in [1.165, 1.54) is 12.4 Å². The van der Waals surface area contributed by atoms with Gasteiger partial charge in [0.05, 0.1) is 13.1 Å². The van der Waals surface area contributed by atoms with Gasteiger partial charge in [-0.3, -0.25) is 0 Å². The van der Waals surface area contributed by atoms with Crippen molar-refractivity contribution in [2.24, 2.45) is 0 Å². The van der Waals surface area contributed by atoms with Crippen molar-refractivity contribution >= 4 is 15.9 Å². The van der Waals surface area contributed by atoms with E-state index >= 15 is 0 Å². The molecule has 6 heteroatoms. The summed E-state index contributed by atoms with van der Waals surface area (Å²) in [5.41, 5.74) is 0.594. The maximum atomic E-state index is 13.7. The van der Waals surface area contributed by atoms with Gasteiger partial charge in [0.25, 0.3) is 0 Å². The first-order valence-corrected chi connectivity index (χ1v) is 5.95. The summed E-state index contributed by atoms with van der Waals surface area (Å²) in [7, 11) is 1.83. The molecule has 90 valence electrons. The Morgan fingerprint density at radius 2 is 2.29 bits per heavy atom. The molecule has 0 atom stereocenters. The summed E-state index contributed by atoms with van der Waals surface area (Å²) in [4.78, 5) is 4.11. The van der Waals surface area contributed by atoms with Crippen molar-refractivity contribution in [3.63, 3.8) is 0 Å². The quantitative estimate of drug-likeness (QED) is 0.938. The van der Waals surface area contributed by atoms with Crippen LogP contribution in [0, 0.1) is 5.82 Å². The van der Waals surface area contributed by atoms with E-state index in [0.717, 1.165) is 10.3 Å². The molecule has 0 aliphatic carbocycles. The molecule has 0 saturated carbocycles. The maximum absolute atomic E-state index is 13.7. The minimum absolute atomic E-state index is 0.245. The highest BCUT2D eigenvalue weighted by Gasteiger charge is 2.07. The summed E-state index contributed by atoms with van der Waals surface area (Å²) >= 11 is 3.23. The maximum Gasteiger partial charge on any atom is 0.141 e. The van der Waals surface area contributed by atoms with Crippen LogP contribution in [0.5, 0.6) is 0 Å². The lowest BCUT2D eigenvalue weighted by Gasteiger charge is -2.07. The van der Waals surface area contributed by atoms with Gasteiger partial charge in [-0.2, -0.15) is 5.10 Å². The first-order chi connectivity index (χ1) is 8.20. The van der Waals surface area contributed by atoms with Crippen LogP contribution < -0.4 is 5.32 Å². The molecule has 1 aromatic carbocycles. The van der Waals surface area contributed by atoms with E-state index in [1.54, 1.807) is 10.7 Å². The van der Waals surface area contributed by atoms with Crippen LogP contribution in [0.15, 0.2) is 29.0 Å². The van der Waals surface area contributed by atoms with Gasteiger partial charge in [-0.05, 0) is 19.2 Å². The zero-order valence-corrected chi connectivity index (χ0v) is 10.9. The van der Waals surface area contributed by atoms with Gasteiger partial charge < -0.3 is 5.32 Å². The molecule has 17 heavy (non-hydrogen) atoms. The van der Waals surface area contributed by atoms with Crippen LogP contribution in [0.3, 0.4) is 0 Å². The lowest BCUT2D eigenvalue weighted by atomic mass is 10.2. The minimum atomic E-state index is -0.245. The van der Waals surface area contributed by atoms with Crippen LogP contribution in [0.4, 0.5) is 4.39 Å². The van der Waals surface area contributed by atoms with E-state index < -0.39 is 0 Å². The second-order valence-electron chi connectivity index (χ2n) is 3.60. The predicted molar refractivity (Wildman–Crippen MR) is 66.0 cm³/mol. The summed E-state index contributed by atoms with van der Waals surface area (Å²) in [6.07, 6.45) is 1.48. The third kappa shape index (κ3) is 2.89. The summed E-state index contributed by atoms with van der Waals surface area (Å²) in [5, 5.41) is 7.08. The Morgan fingerprint density at radius 1 is 1.47 bits per heavy atom. The molecule has 2 aromatic rings. The van der Waals surface area contributed by atoms with Crippen LogP contribution in [-0.2, 0) is 13.1 Å².